The lowest BCUT2D eigenvalue weighted by Crippen LogP contribution is -2.46. The maximum atomic E-state index is 12.1. The van der Waals surface area contributed by atoms with Gasteiger partial charge in [-0.3, -0.25) is 4.31 Å². The van der Waals surface area contributed by atoms with Gasteiger partial charge in [-0.1, -0.05) is 0 Å². The first-order valence-corrected chi connectivity index (χ1v) is 7.98. The molecule has 3 N–H and O–H groups in total. The summed E-state index contributed by atoms with van der Waals surface area (Å²) in [5, 5.41) is 0. The van der Waals surface area contributed by atoms with Crippen LogP contribution in [0.1, 0.15) is 0 Å². The van der Waals surface area contributed by atoms with Gasteiger partial charge in [-0.05, 0) is 18.2 Å². The van der Waals surface area contributed by atoms with E-state index in [2.05, 4.69) is 0 Å². The van der Waals surface area contributed by atoms with Crippen molar-refractivity contribution in [1.82, 2.24) is 4.72 Å². The molecule has 0 spiro atoms. The van der Waals surface area contributed by atoms with Crippen molar-refractivity contribution in [1.29, 1.82) is 0 Å². The van der Waals surface area contributed by atoms with E-state index >= 15 is 0 Å². The number of hydrogen-bond acceptors (Lipinski definition) is 4. The van der Waals surface area contributed by atoms with E-state index in [1.165, 1.54) is 17.8 Å². The Morgan fingerprint density at radius 3 is 2.75 bits per heavy atom. The number of nitrogen functional groups attached to an aromatic ring is 1. The number of fused-ring (bicyclic) bond motifs is 1. The second-order valence-corrected chi connectivity index (χ2v) is 6.91. The Balaban J connectivity index is 2.28. The van der Waals surface area contributed by atoms with Gasteiger partial charge in [-0.25, -0.2) is 0 Å². The summed E-state index contributed by atoms with van der Waals surface area (Å²) in [6.07, 6.45) is -4.60. The molecular formula is C10H12F3N3O2S2. The third-order valence-electron chi connectivity index (χ3n) is 2.55. The van der Waals surface area contributed by atoms with Crippen LogP contribution in [0.4, 0.5) is 24.5 Å². The van der Waals surface area contributed by atoms with Gasteiger partial charge in [-0.2, -0.15) is 26.3 Å². The normalized spacial score (nSPS) is 16.1. The maximum Gasteiger partial charge on any atom is 0.402 e. The van der Waals surface area contributed by atoms with Crippen LogP contribution in [0.15, 0.2) is 23.1 Å². The molecule has 1 aliphatic rings. The van der Waals surface area contributed by atoms with Crippen LogP contribution in [0.5, 0.6) is 0 Å². The van der Waals surface area contributed by atoms with Gasteiger partial charge in [0.05, 0.1) is 5.69 Å². The number of thioether (sulfide) groups is 1. The zero-order chi connectivity index (χ0) is 15.0. The SMILES string of the molecule is Nc1ccc2c(c1)N(S(=O)(=O)NCC(F)(F)F)CCS2. The van der Waals surface area contributed by atoms with Crippen LogP contribution < -0.4 is 14.8 Å². The van der Waals surface area contributed by atoms with Gasteiger partial charge in [-0.15, -0.1) is 11.8 Å². The smallest absolute Gasteiger partial charge is 0.399 e. The highest BCUT2D eigenvalue weighted by Crippen LogP contribution is 2.37. The summed E-state index contributed by atoms with van der Waals surface area (Å²) in [6.45, 7) is -1.51. The molecule has 20 heavy (non-hydrogen) atoms. The predicted molar refractivity (Wildman–Crippen MR) is 71.9 cm³/mol. The lowest BCUT2D eigenvalue weighted by molar-refractivity contribution is -0.121. The van der Waals surface area contributed by atoms with Gasteiger partial charge < -0.3 is 5.73 Å². The fourth-order valence-corrected chi connectivity index (χ4v) is 4.10. The molecule has 1 heterocycles. The molecule has 0 bridgehead atoms. The molecule has 0 fully saturated rings. The number of nitrogens with one attached hydrogen (secondary N) is 1. The van der Waals surface area contributed by atoms with Gasteiger partial charge in [0.25, 0.3) is 0 Å². The van der Waals surface area contributed by atoms with Gasteiger partial charge in [0.15, 0.2) is 0 Å². The van der Waals surface area contributed by atoms with E-state index in [0.717, 1.165) is 4.31 Å². The summed E-state index contributed by atoms with van der Waals surface area (Å²) < 4.78 is 62.8. The van der Waals surface area contributed by atoms with Crippen LogP contribution in [-0.4, -0.2) is 33.4 Å². The summed E-state index contributed by atoms with van der Waals surface area (Å²) in [5.41, 5.74) is 6.25. The Morgan fingerprint density at radius 1 is 1.40 bits per heavy atom. The quantitative estimate of drug-likeness (QED) is 0.827. The predicted octanol–water partition coefficient (Wildman–Crippen LogP) is 1.58. The van der Waals surface area contributed by atoms with Crippen LogP contribution in [0, 0.1) is 0 Å². The first-order valence-electron chi connectivity index (χ1n) is 5.55. The Hall–Kier alpha value is -1.13. The van der Waals surface area contributed by atoms with E-state index in [9.17, 15) is 21.6 Å². The minimum Gasteiger partial charge on any atom is -0.399 e. The van der Waals surface area contributed by atoms with E-state index in [1.54, 1.807) is 16.9 Å². The number of hydrogen-bond donors (Lipinski definition) is 2. The van der Waals surface area contributed by atoms with Crippen LogP contribution in [-0.2, 0) is 10.2 Å². The zero-order valence-electron chi connectivity index (χ0n) is 10.1. The molecule has 2 rings (SSSR count). The minimum absolute atomic E-state index is 0.0916. The molecule has 0 radical (unpaired) electrons. The molecule has 1 aromatic rings. The third-order valence-corrected chi connectivity index (χ3v) is 5.06. The second-order valence-electron chi connectivity index (χ2n) is 4.09. The molecule has 0 atom stereocenters. The molecule has 0 saturated carbocycles. The summed E-state index contributed by atoms with van der Waals surface area (Å²) in [6, 6.07) is 4.71. The van der Waals surface area contributed by atoms with E-state index in [1.807, 2.05) is 0 Å². The third kappa shape index (κ3) is 3.49. The van der Waals surface area contributed by atoms with Crippen LogP contribution in [0.25, 0.3) is 0 Å². The highest BCUT2D eigenvalue weighted by molar-refractivity contribution is 7.99. The van der Waals surface area contributed by atoms with Crippen molar-refractivity contribution >= 4 is 33.3 Å². The first-order chi connectivity index (χ1) is 9.19. The topological polar surface area (TPSA) is 75.4 Å². The van der Waals surface area contributed by atoms with Crippen molar-refractivity contribution in [2.24, 2.45) is 0 Å². The monoisotopic (exact) mass is 327 g/mol. The Morgan fingerprint density at radius 2 is 2.10 bits per heavy atom. The summed E-state index contributed by atoms with van der Waals surface area (Å²) in [5.74, 6) is 0.462. The summed E-state index contributed by atoms with van der Waals surface area (Å²) >= 11 is 1.43. The van der Waals surface area contributed by atoms with Crippen LogP contribution >= 0.6 is 11.8 Å². The fourth-order valence-electron chi connectivity index (χ4n) is 1.71. The van der Waals surface area contributed by atoms with E-state index in [4.69, 9.17) is 5.73 Å². The Kier molecular flexibility index (Phi) is 4.07. The standard InChI is InChI=1S/C10H12F3N3O2S2/c11-10(12,13)6-15-20(17,18)16-3-4-19-9-2-1-7(14)5-8(9)16/h1-2,5,15H,3-4,6,14H2. The molecular weight excluding hydrogens is 315 g/mol. The highest BCUT2D eigenvalue weighted by atomic mass is 32.2. The van der Waals surface area contributed by atoms with Crippen molar-refractivity contribution in [2.45, 2.75) is 11.1 Å². The summed E-state index contributed by atoms with van der Waals surface area (Å²) in [4.78, 5) is 0.669. The van der Waals surface area contributed by atoms with Crippen LogP contribution in [0.3, 0.4) is 0 Å². The fraction of sp³-hybridized carbons (Fsp3) is 0.400. The maximum absolute atomic E-state index is 12.1. The van der Waals surface area contributed by atoms with Gasteiger partial charge >= 0.3 is 16.4 Å². The van der Waals surface area contributed by atoms with Crippen molar-refractivity contribution < 1.29 is 21.6 Å². The molecule has 0 aliphatic carbocycles. The molecule has 0 amide bonds. The number of halogens is 3. The number of nitrogens with zero attached hydrogens (tertiary/aromatic N) is 1. The molecule has 5 nitrogen and oxygen atoms in total. The van der Waals surface area contributed by atoms with Gasteiger partial charge in [0.1, 0.15) is 6.54 Å². The average molecular weight is 327 g/mol. The number of nitrogens with two attached hydrogens (primary N) is 1. The molecule has 1 aromatic carbocycles. The molecule has 10 heteroatoms. The molecule has 0 unspecified atom stereocenters. The molecule has 1 aliphatic heterocycles. The number of alkyl halides is 3. The highest BCUT2D eigenvalue weighted by Gasteiger charge is 2.33. The minimum atomic E-state index is -4.60. The molecule has 0 aromatic heterocycles. The lowest BCUT2D eigenvalue weighted by Gasteiger charge is -2.30. The largest absolute Gasteiger partial charge is 0.402 e. The number of benzene rings is 1. The molecule has 0 saturated heterocycles. The Bertz CT molecular complexity index is 604. The van der Waals surface area contributed by atoms with Crippen molar-refractivity contribution in [3.8, 4) is 0 Å². The van der Waals surface area contributed by atoms with E-state index in [-0.39, 0.29) is 6.54 Å². The van der Waals surface area contributed by atoms with E-state index in [0.29, 0.717) is 22.0 Å². The first kappa shape index (κ1) is 15.3. The van der Waals surface area contributed by atoms with Gasteiger partial charge in [0.2, 0.25) is 0 Å². The van der Waals surface area contributed by atoms with Crippen molar-refractivity contribution in [2.75, 3.05) is 28.9 Å². The van der Waals surface area contributed by atoms with E-state index < -0.39 is 22.9 Å². The summed E-state index contributed by atoms with van der Waals surface area (Å²) in [7, 11) is -4.25. The number of rotatable bonds is 3. The average Bonchev–Trinajstić information content (AvgIpc) is 2.35. The van der Waals surface area contributed by atoms with Crippen molar-refractivity contribution in [3.05, 3.63) is 18.2 Å². The van der Waals surface area contributed by atoms with Gasteiger partial charge in [0, 0.05) is 22.9 Å². The molecule has 112 valence electrons. The zero-order valence-corrected chi connectivity index (χ0v) is 11.8. The lowest BCUT2D eigenvalue weighted by atomic mass is 10.3. The second kappa shape index (κ2) is 5.34. The van der Waals surface area contributed by atoms with Crippen LogP contribution in [0.2, 0.25) is 0 Å². The Labute approximate surface area is 118 Å². The number of anilines is 2. The van der Waals surface area contributed by atoms with Crippen molar-refractivity contribution in [3.63, 3.8) is 0 Å².